The first-order valence-corrected chi connectivity index (χ1v) is 4.54. The second-order valence-corrected chi connectivity index (χ2v) is 3.94. The standard InChI is InChI=1S/C11H15N/c1-7-6-10(7)9-3-4-11(12)8(2)5-9/h3-5,7,10H,6,12H2,1-2H3. The van der Waals surface area contributed by atoms with E-state index in [1.807, 2.05) is 6.07 Å². The highest BCUT2D eigenvalue weighted by Crippen LogP contribution is 2.47. The molecule has 1 aromatic carbocycles. The number of aryl methyl sites for hydroxylation is 1. The first-order valence-electron chi connectivity index (χ1n) is 4.54. The van der Waals surface area contributed by atoms with E-state index >= 15 is 0 Å². The van der Waals surface area contributed by atoms with E-state index in [4.69, 9.17) is 5.73 Å². The van der Waals surface area contributed by atoms with Gasteiger partial charge in [-0.3, -0.25) is 0 Å². The van der Waals surface area contributed by atoms with E-state index in [0.29, 0.717) is 0 Å². The third-order valence-electron chi connectivity index (χ3n) is 2.83. The molecule has 0 amide bonds. The molecule has 0 spiro atoms. The Hall–Kier alpha value is -0.980. The minimum absolute atomic E-state index is 0.810. The number of hydrogen-bond donors (Lipinski definition) is 1. The molecule has 0 aromatic heterocycles. The fraction of sp³-hybridized carbons (Fsp3) is 0.455. The van der Waals surface area contributed by atoms with Gasteiger partial charge in [0.1, 0.15) is 0 Å². The van der Waals surface area contributed by atoms with Crippen LogP contribution in [0.1, 0.15) is 30.4 Å². The summed E-state index contributed by atoms with van der Waals surface area (Å²) in [5.41, 5.74) is 9.33. The predicted molar refractivity (Wildman–Crippen MR) is 52.1 cm³/mol. The van der Waals surface area contributed by atoms with Crippen molar-refractivity contribution in [1.29, 1.82) is 0 Å². The lowest BCUT2D eigenvalue weighted by Crippen LogP contribution is -1.90. The van der Waals surface area contributed by atoms with Gasteiger partial charge in [0.25, 0.3) is 0 Å². The molecule has 2 unspecified atom stereocenters. The van der Waals surface area contributed by atoms with Crippen LogP contribution >= 0.6 is 0 Å². The fourth-order valence-corrected chi connectivity index (χ4v) is 1.72. The van der Waals surface area contributed by atoms with E-state index in [0.717, 1.165) is 17.5 Å². The van der Waals surface area contributed by atoms with Crippen LogP contribution in [0.25, 0.3) is 0 Å². The van der Waals surface area contributed by atoms with Crippen LogP contribution in [-0.2, 0) is 0 Å². The van der Waals surface area contributed by atoms with Crippen molar-refractivity contribution >= 4 is 5.69 Å². The van der Waals surface area contributed by atoms with E-state index in [1.165, 1.54) is 17.5 Å². The Labute approximate surface area is 73.6 Å². The zero-order valence-electron chi connectivity index (χ0n) is 7.67. The third-order valence-corrected chi connectivity index (χ3v) is 2.83. The quantitative estimate of drug-likeness (QED) is 0.630. The van der Waals surface area contributed by atoms with Crippen molar-refractivity contribution in [2.24, 2.45) is 5.92 Å². The van der Waals surface area contributed by atoms with Gasteiger partial charge in [-0.1, -0.05) is 19.1 Å². The second kappa shape index (κ2) is 2.51. The van der Waals surface area contributed by atoms with Gasteiger partial charge in [0.15, 0.2) is 0 Å². The first-order chi connectivity index (χ1) is 5.68. The summed E-state index contributed by atoms with van der Waals surface area (Å²) < 4.78 is 0. The zero-order valence-corrected chi connectivity index (χ0v) is 7.67. The van der Waals surface area contributed by atoms with Crippen LogP contribution in [0.4, 0.5) is 5.69 Å². The topological polar surface area (TPSA) is 26.0 Å². The van der Waals surface area contributed by atoms with Crippen LogP contribution in [0.15, 0.2) is 18.2 Å². The summed E-state index contributed by atoms with van der Waals surface area (Å²) in [4.78, 5) is 0. The molecule has 1 fully saturated rings. The lowest BCUT2D eigenvalue weighted by atomic mass is 10.1. The number of nitrogen functional groups attached to an aromatic ring is 1. The molecule has 0 saturated heterocycles. The van der Waals surface area contributed by atoms with Crippen LogP contribution < -0.4 is 5.73 Å². The molecule has 1 aliphatic carbocycles. The van der Waals surface area contributed by atoms with Crippen molar-refractivity contribution in [2.45, 2.75) is 26.2 Å². The minimum atomic E-state index is 0.810. The Kier molecular flexibility index (Phi) is 1.60. The van der Waals surface area contributed by atoms with Gasteiger partial charge in [-0.05, 0) is 42.4 Å². The highest BCUT2D eigenvalue weighted by atomic mass is 14.6. The Morgan fingerprint density at radius 2 is 2.08 bits per heavy atom. The number of hydrogen-bond acceptors (Lipinski definition) is 1. The molecule has 64 valence electrons. The Balaban J connectivity index is 2.29. The van der Waals surface area contributed by atoms with Crippen molar-refractivity contribution in [2.75, 3.05) is 5.73 Å². The fourth-order valence-electron chi connectivity index (χ4n) is 1.72. The molecule has 1 nitrogen and oxygen atoms in total. The first kappa shape index (κ1) is 7.66. The van der Waals surface area contributed by atoms with Crippen molar-refractivity contribution in [3.05, 3.63) is 29.3 Å². The van der Waals surface area contributed by atoms with Crippen molar-refractivity contribution in [1.82, 2.24) is 0 Å². The SMILES string of the molecule is Cc1cc(C2CC2C)ccc1N. The van der Waals surface area contributed by atoms with Crippen LogP contribution in [-0.4, -0.2) is 0 Å². The maximum atomic E-state index is 5.74. The van der Waals surface area contributed by atoms with Crippen LogP contribution in [0.5, 0.6) is 0 Å². The molecule has 1 heteroatoms. The van der Waals surface area contributed by atoms with Crippen LogP contribution in [0.3, 0.4) is 0 Å². The van der Waals surface area contributed by atoms with Crippen LogP contribution in [0.2, 0.25) is 0 Å². The number of anilines is 1. The maximum Gasteiger partial charge on any atom is 0.0343 e. The lowest BCUT2D eigenvalue weighted by molar-refractivity contribution is 0.914. The van der Waals surface area contributed by atoms with Crippen molar-refractivity contribution < 1.29 is 0 Å². The smallest absolute Gasteiger partial charge is 0.0343 e. The lowest BCUT2D eigenvalue weighted by Gasteiger charge is -2.03. The number of nitrogens with two attached hydrogens (primary N) is 1. The van der Waals surface area contributed by atoms with Crippen molar-refractivity contribution in [3.63, 3.8) is 0 Å². The molecule has 2 rings (SSSR count). The average molecular weight is 161 g/mol. The monoisotopic (exact) mass is 161 g/mol. The third kappa shape index (κ3) is 1.20. The molecular weight excluding hydrogens is 146 g/mol. The molecule has 2 N–H and O–H groups in total. The maximum absolute atomic E-state index is 5.74. The molecule has 1 saturated carbocycles. The van der Waals surface area contributed by atoms with Crippen molar-refractivity contribution in [3.8, 4) is 0 Å². The zero-order chi connectivity index (χ0) is 8.72. The largest absolute Gasteiger partial charge is 0.399 e. The molecular formula is C11H15N. The summed E-state index contributed by atoms with van der Waals surface area (Å²) >= 11 is 0. The summed E-state index contributed by atoms with van der Waals surface area (Å²) in [5.74, 6) is 1.69. The summed E-state index contributed by atoms with van der Waals surface area (Å²) in [6, 6.07) is 6.41. The number of benzene rings is 1. The predicted octanol–water partition coefficient (Wildman–Crippen LogP) is 2.70. The van der Waals surface area contributed by atoms with Gasteiger partial charge >= 0.3 is 0 Å². The Morgan fingerprint density at radius 3 is 2.58 bits per heavy atom. The highest BCUT2D eigenvalue weighted by molar-refractivity contribution is 5.49. The summed E-state index contributed by atoms with van der Waals surface area (Å²) in [5, 5.41) is 0. The molecule has 1 aliphatic rings. The van der Waals surface area contributed by atoms with Gasteiger partial charge in [0, 0.05) is 5.69 Å². The van der Waals surface area contributed by atoms with Gasteiger partial charge in [0.2, 0.25) is 0 Å². The Bertz CT molecular complexity index is 304. The molecule has 0 heterocycles. The summed E-state index contributed by atoms with van der Waals surface area (Å²) in [7, 11) is 0. The molecule has 12 heavy (non-hydrogen) atoms. The molecule has 2 atom stereocenters. The Morgan fingerprint density at radius 1 is 1.42 bits per heavy atom. The average Bonchev–Trinajstić information content (AvgIpc) is 2.73. The molecule has 0 bridgehead atoms. The van der Waals surface area contributed by atoms with E-state index in [1.54, 1.807) is 0 Å². The minimum Gasteiger partial charge on any atom is -0.399 e. The van der Waals surface area contributed by atoms with Gasteiger partial charge in [-0.25, -0.2) is 0 Å². The normalized spacial score (nSPS) is 27.2. The van der Waals surface area contributed by atoms with Gasteiger partial charge in [0.05, 0.1) is 0 Å². The van der Waals surface area contributed by atoms with Gasteiger partial charge in [-0.2, -0.15) is 0 Å². The highest BCUT2D eigenvalue weighted by Gasteiger charge is 2.33. The summed E-state index contributed by atoms with van der Waals surface area (Å²) in [6.07, 6.45) is 1.35. The molecule has 1 aromatic rings. The summed E-state index contributed by atoms with van der Waals surface area (Å²) in [6.45, 7) is 4.38. The molecule has 0 aliphatic heterocycles. The van der Waals surface area contributed by atoms with E-state index in [-0.39, 0.29) is 0 Å². The van der Waals surface area contributed by atoms with Gasteiger partial charge < -0.3 is 5.73 Å². The van der Waals surface area contributed by atoms with E-state index in [9.17, 15) is 0 Å². The van der Waals surface area contributed by atoms with Gasteiger partial charge in [-0.15, -0.1) is 0 Å². The molecule has 0 radical (unpaired) electrons. The van der Waals surface area contributed by atoms with E-state index in [2.05, 4.69) is 26.0 Å². The van der Waals surface area contributed by atoms with E-state index < -0.39 is 0 Å². The number of rotatable bonds is 1. The van der Waals surface area contributed by atoms with Crippen LogP contribution in [0, 0.1) is 12.8 Å². The second-order valence-electron chi connectivity index (χ2n) is 3.94.